The highest BCUT2D eigenvalue weighted by Crippen LogP contribution is 2.65. The molecule has 6 aromatic carbocycles. The molecule has 3 aliphatic rings. The van der Waals surface area contributed by atoms with Gasteiger partial charge in [-0.2, -0.15) is 0 Å². The molecule has 6 unspecified atom stereocenters. The molecule has 0 bridgehead atoms. The second kappa shape index (κ2) is 16.5. The van der Waals surface area contributed by atoms with Crippen LogP contribution in [0.5, 0.6) is 11.5 Å². The van der Waals surface area contributed by atoms with E-state index in [9.17, 15) is 5.11 Å². The van der Waals surface area contributed by atoms with Gasteiger partial charge < -0.3 is 30.0 Å². The number of thiazole rings is 1. The third kappa shape index (κ3) is 6.96. The molecule has 4 heterocycles. The topological polar surface area (TPSA) is 139 Å². The second-order valence-electron chi connectivity index (χ2n) is 15.6. The fraction of sp³-hybridized carbons (Fsp3) is 0.176. The fourth-order valence-electron chi connectivity index (χ4n) is 9.54. The summed E-state index contributed by atoms with van der Waals surface area (Å²) in [5, 5.41) is 16.3. The van der Waals surface area contributed by atoms with E-state index in [1.165, 1.54) is 11.3 Å². The Hall–Kier alpha value is -7.30. The van der Waals surface area contributed by atoms with Crippen LogP contribution in [0.3, 0.4) is 0 Å². The van der Waals surface area contributed by atoms with E-state index >= 15 is 14.4 Å². The number of methoxy groups -OCH3 is 1. The maximum atomic E-state index is 15.6. The van der Waals surface area contributed by atoms with Gasteiger partial charge >= 0.3 is 5.97 Å². The van der Waals surface area contributed by atoms with Crippen LogP contribution in [0.4, 0.5) is 10.8 Å². The number of nitrogens with one attached hydrogen (secondary N) is 2. The number of amides is 2. The molecule has 1 spiro atoms. The third-order valence-electron chi connectivity index (χ3n) is 12.1. The first kappa shape index (κ1) is 39.8. The Labute approximate surface area is 367 Å². The number of carbonyl (C=O) groups is 3. The first-order valence-corrected chi connectivity index (χ1v) is 21.4. The summed E-state index contributed by atoms with van der Waals surface area (Å²) >= 11 is 1.31. The van der Waals surface area contributed by atoms with Gasteiger partial charge in [0.2, 0.25) is 11.8 Å². The van der Waals surface area contributed by atoms with Crippen LogP contribution in [-0.4, -0.2) is 59.1 Å². The number of anilines is 2. The van der Waals surface area contributed by atoms with Crippen molar-refractivity contribution in [2.75, 3.05) is 31.0 Å². The fourth-order valence-corrected chi connectivity index (χ4v) is 10.4. The number of nitrogens with zero attached hydrogens (tertiary/aromatic N) is 2. The molecule has 0 radical (unpaired) electrons. The Morgan fingerprint density at radius 1 is 0.810 bits per heavy atom. The van der Waals surface area contributed by atoms with E-state index in [1.54, 1.807) is 19.2 Å². The van der Waals surface area contributed by atoms with Gasteiger partial charge in [-0.25, -0.2) is 4.98 Å². The average Bonchev–Trinajstić information content (AvgIpc) is 3.97. The molecular formula is C51H40N4O7S. The van der Waals surface area contributed by atoms with E-state index in [0.29, 0.717) is 44.5 Å². The lowest BCUT2D eigenvalue weighted by molar-refractivity contribution is -0.177. The maximum absolute atomic E-state index is 15.6. The molecule has 11 nitrogen and oxygen atoms in total. The molecule has 312 valence electrons. The lowest BCUT2D eigenvalue weighted by Crippen LogP contribution is -2.53. The van der Waals surface area contributed by atoms with Gasteiger partial charge in [0.1, 0.15) is 35.7 Å². The Bertz CT molecular complexity index is 2900. The Balaban J connectivity index is 1.23. The number of morpholine rings is 1. The third-order valence-corrected chi connectivity index (χ3v) is 13.0. The van der Waals surface area contributed by atoms with E-state index in [2.05, 4.69) is 22.5 Å². The van der Waals surface area contributed by atoms with Gasteiger partial charge in [-0.15, -0.1) is 0 Å². The first-order chi connectivity index (χ1) is 30.9. The zero-order chi connectivity index (χ0) is 43.1. The lowest BCUT2D eigenvalue weighted by Gasteiger charge is -2.46. The van der Waals surface area contributed by atoms with Gasteiger partial charge in [0.15, 0.2) is 5.13 Å². The molecule has 10 rings (SSSR count). The summed E-state index contributed by atoms with van der Waals surface area (Å²) in [6.45, 7) is -0.177. The number of aliphatic hydroxyl groups excluding tert-OH is 1. The summed E-state index contributed by atoms with van der Waals surface area (Å²) < 4.78 is 18.7. The number of fused-ring (bicyclic) bond motifs is 4. The van der Waals surface area contributed by atoms with Gasteiger partial charge in [0, 0.05) is 16.8 Å². The molecule has 2 amide bonds. The highest BCUT2D eigenvalue weighted by Gasteiger charge is 2.74. The number of aromatic nitrogens is 1. The predicted octanol–water partition coefficient (Wildman–Crippen LogP) is 7.99. The molecule has 63 heavy (non-hydrogen) atoms. The van der Waals surface area contributed by atoms with Gasteiger partial charge in [-0.1, -0.05) is 108 Å². The van der Waals surface area contributed by atoms with Crippen LogP contribution >= 0.6 is 11.3 Å². The SMILES string of the molecule is COc1ccc(C#Cc2ccc3c(c2)C2(C(=O)N3)C(C(=O)Nc3nc4ccccc4s3)C3C(=O)OC(c4ccccc4)C(c4ccccc4)N3C2c2cccc(OCCO)c2)cc1. The van der Waals surface area contributed by atoms with Crippen molar-refractivity contribution in [3.63, 3.8) is 0 Å². The zero-order valence-electron chi connectivity index (χ0n) is 33.9. The van der Waals surface area contributed by atoms with Crippen molar-refractivity contribution in [1.29, 1.82) is 0 Å². The monoisotopic (exact) mass is 852 g/mol. The largest absolute Gasteiger partial charge is 0.497 e. The lowest BCUT2D eigenvalue weighted by atomic mass is 9.65. The van der Waals surface area contributed by atoms with Crippen LogP contribution in [0, 0.1) is 17.8 Å². The number of para-hydroxylation sites is 1. The van der Waals surface area contributed by atoms with Gasteiger partial charge in [-0.3, -0.25) is 19.3 Å². The number of hydrogen-bond donors (Lipinski definition) is 3. The molecule has 3 aliphatic heterocycles. The molecular weight excluding hydrogens is 813 g/mol. The van der Waals surface area contributed by atoms with Crippen molar-refractivity contribution in [1.82, 2.24) is 9.88 Å². The number of ether oxygens (including phenoxy) is 3. The van der Waals surface area contributed by atoms with E-state index in [-0.39, 0.29) is 13.2 Å². The van der Waals surface area contributed by atoms with E-state index < -0.39 is 53.3 Å². The second-order valence-corrected chi connectivity index (χ2v) is 16.6. The number of rotatable bonds is 9. The standard InChI is InChI=1S/C51H40N4O7S/c1-60-36-24-21-31(22-25-36)19-20-32-23-26-39-38(29-32)51(49(59)52-39)42(47(57)54-50-53-40-17-8-9-18-41(40)63-50)44-48(58)62-45(34-13-6-3-7-14-34)43(33-11-4-2-5-12-33)55(44)46(51)35-15-10-16-37(30-35)61-28-27-56/h2-18,21-26,29-30,42-46,56H,27-28H2,1H3,(H,52,59)(H,53,54,57). The Morgan fingerprint density at radius 3 is 2.25 bits per heavy atom. The van der Waals surface area contributed by atoms with Crippen LogP contribution < -0.4 is 20.1 Å². The average molecular weight is 853 g/mol. The predicted molar refractivity (Wildman–Crippen MR) is 239 cm³/mol. The molecule has 2 fully saturated rings. The molecule has 7 aromatic rings. The van der Waals surface area contributed by atoms with Crippen LogP contribution in [0.2, 0.25) is 0 Å². The first-order valence-electron chi connectivity index (χ1n) is 20.6. The van der Waals surface area contributed by atoms with Crippen molar-refractivity contribution in [3.8, 4) is 23.3 Å². The molecule has 1 aromatic heterocycles. The smallest absolute Gasteiger partial charge is 0.324 e. The van der Waals surface area contributed by atoms with Crippen molar-refractivity contribution >= 4 is 50.2 Å². The highest BCUT2D eigenvalue weighted by molar-refractivity contribution is 7.22. The number of cyclic esters (lactones) is 1. The van der Waals surface area contributed by atoms with Crippen LogP contribution in [-0.2, 0) is 24.5 Å². The minimum atomic E-state index is -1.76. The molecule has 6 atom stereocenters. The summed E-state index contributed by atoms with van der Waals surface area (Å²) in [5.74, 6) is 4.63. The van der Waals surface area contributed by atoms with E-state index in [4.69, 9.17) is 19.2 Å². The quantitative estimate of drug-likeness (QED) is 0.0975. The van der Waals surface area contributed by atoms with Gasteiger partial charge in [0.05, 0.1) is 41.9 Å². The minimum Gasteiger partial charge on any atom is -0.497 e. The maximum Gasteiger partial charge on any atom is 0.324 e. The number of carbonyl (C=O) groups excluding carboxylic acids is 3. The molecule has 12 heteroatoms. The van der Waals surface area contributed by atoms with Crippen molar-refractivity contribution in [2.24, 2.45) is 5.92 Å². The van der Waals surface area contributed by atoms with Gasteiger partial charge in [0.25, 0.3) is 0 Å². The van der Waals surface area contributed by atoms with Crippen LogP contribution in [0.25, 0.3) is 10.2 Å². The van der Waals surface area contributed by atoms with Crippen molar-refractivity contribution in [3.05, 3.63) is 185 Å². The van der Waals surface area contributed by atoms with Crippen molar-refractivity contribution < 1.29 is 33.7 Å². The highest BCUT2D eigenvalue weighted by atomic mass is 32.1. The summed E-state index contributed by atoms with van der Waals surface area (Å²) in [7, 11) is 1.61. The Morgan fingerprint density at radius 2 is 1.51 bits per heavy atom. The summed E-state index contributed by atoms with van der Waals surface area (Å²) in [6.07, 6.45) is -0.831. The minimum absolute atomic E-state index is 0.0351. The van der Waals surface area contributed by atoms with E-state index in [1.807, 2.05) is 144 Å². The number of aliphatic hydroxyl groups is 1. The number of esters is 1. The molecule has 0 aliphatic carbocycles. The van der Waals surface area contributed by atoms with Crippen LogP contribution in [0.15, 0.2) is 152 Å². The molecule has 0 saturated carbocycles. The number of benzene rings is 6. The summed E-state index contributed by atoms with van der Waals surface area (Å²) in [5.41, 5.74) is 3.49. The number of hydrogen-bond acceptors (Lipinski definition) is 10. The zero-order valence-corrected chi connectivity index (χ0v) is 34.8. The summed E-state index contributed by atoms with van der Waals surface area (Å²) in [6, 6.07) is 44.1. The molecule has 2 saturated heterocycles. The molecule has 3 N–H and O–H groups in total. The van der Waals surface area contributed by atoms with Crippen LogP contribution in [0.1, 0.15) is 51.6 Å². The Kier molecular flexibility index (Phi) is 10.4. The van der Waals surface area contributed by atoms with Crippen molar-refractivity contribution in [2.45, 2.75) is 29.6 Å². The normalized spacial score (nSPS) is 22.3. The van der Waals surface area contributed by atoms with E-state index in [0.717, 1.165) is 21.4 Å². The van der Waals surface area contributed by atoms with Gasteiger partial charge in [-0.05, 0) is 89.0 Å². The summed E-state index contributed by atoms with van der Waals surface area (Å²) in [4.78, 5) is 53.1.